The van der Waals surface area contributed by atoms with E-state index in [0.29, 0.717) is 17.9 Å². The molecule has 3 aliphatic heterocycles. The predicted octanol–water partition coefficient (Wildman–Crippen LogP) is 6.22. The summed E-state index contributed by atoms with van der Waals surface area (Å²) >= 11 is 0. The van der Waals surface area contributed by atoms with E-state index >= 15 is 0 Å². The molecule has 3 saturated heterocycles. The minimum Gasteiger partial charge on any atom is -0.465 e. The molecule has 12 nitrogen and oxygen atoms in total. The Balaban J connectivity index is 0.930. The third-order valence-corrected chi connectivity index (χ3v) is 10.6. The van der Waals surface area contributed by atoms with Crippen LogP contribution in [0.5, 0.6) is 0 Å². The second-order valence-electron chi connectivity index (χ2n) is 13.8. The molecule has 266 valence electrons. The van der Waals surface area contributed by atoms with E-state index in [2.05, 4.69) is 74.1 Å². The van der Waals surface area contributed by atoms with Crippen molar-refractivity contribution in [2.45, 2.75) is 62.7 Å². The average Bonchev–Trinajstić information content (AvgIpc) is 4.03. The number of nitrogens with zero attached hydrogens (tertiary/aromatic N) is 4. The highest BCUT2D eigenvalue weighted by atomic mass is 16.4. The summed E-state index contributed by atoms with van der Waals surface area (Å²) in [7, 11) is 0. The minimum absolute atomic E-state index is 0.0138. The van der Waals surface area contributed by atoms with Crippen LogP contribution in [0.25, 0.3) is 33.6 Å². The Bertz CT molecular complexity index is 2040. The Morgan fingerprint density at radius 2 is 1.23 bits per heavy atom. The fourth-order valence-electron chi connectivity index (χ4n) is 7.94. The van der Waals surface area contributed by atoms with Crippen LogP contribution in [0.2, 0.25) is 0 Å². The van der Waals surface area contributed by atoms with E-state index in [4.69, 9.17) is 4.98 Å². The third kappa shape index (κ3) is 6.69. The van der Waals surface area contributed by atoms with Gasteiger partial charge in [-0.25, -0.2) is 14.8 Å². The van der Waals surface area contributed by atoms with Crippen molar-refractivity contribution in [1.82, 2.24) is 40.4 Å². The van der Waals surface area contributed by atoms with E-state index in [9.17, 15) is 19.5 Å². The van der Waals surface area contributed by atoms with Gasteiger partial charge in [-0.15, -0.1) is 0 Å². The van der Waals surface area contributed by atoms with Crippen molar-refractivity contribution in [3.05, 3.63) is 108 Å². The van der Waals surface area contributed by atoms with Crippen LogP contribution in [0.1, 0.15) is 73.9 Å². The number of imidazole rings is 2. The second-order valence-corrected chi connectivity index (χ2v) is 13.8. The molecule has 0 unspecified atom stereocenters. The molecule has 0 bridgehead atoms. The molecule has 5 heterocycles. The Morgan fingerprint density at radius 1 is 0.692 bits per heavy atom. The number of H-pyrrole nitrogens is 2. The van der Waals surface area contributed by atoms with Crippen molar-refractivity contribution in [3.8, 4) is 33.6 Å². The number of carbonyl (C=O) groups is 3. The summed E-state index contributed by atoms with van der Waals surface area (Å²) in [5.41, 5.74) is 6.54. The molecule has 3 aliphatic rings. The second kappa shape index (κ2) is 14.5. The largest absolute Gasteiger partial charge is 0.465 e. The lowest BCUT2D eigenvalue weighted by atomic mass is 10.0. The number of carboxylic acid groups (broad SMARTS) is 1. The molecule has 3 fully saturated rings. The topological polar surface area (TPSA) is 159 Å². The number of likely N-dealkylation sites (tertiary alicyclic amines) is 2. The number of hydrogen-bond donors (Lipinski definition) is 5. The van der Waals surface area contributed by atoms with Crippen LogP contribution in [0.4, 0.5) is 4.79 Å². The number of amides is 3. The quantitative estimate of drug-likeness (QED) is 0.122. The Kier molecular flexibility index (Phi) is 9.29. The first-order valence-electron chi connectivity index (χ1n) is 18.1. The maximum atomic E-state index is 13.7. The van der Waals surface area contributed by atoms with E-state index in [0.717, 1.165) is 91.1 Å². The first-order chi connectivity index (χ1) is 25.4. The summed E-state index contributed by atoms with van der Waals surface area (Å²) in [6.07, 6.45) is 7.79. The number of nitrogens with one attached hydrogen (secondary N) is 4. The van der Waals surface area contributed by atoms with Crippen LogP contribution in [-0.4, -0.2) is 78.4 Å². The number of carbonyl (C=O) groups excluding carboxylic acids is 2. The molecule has 0 aliphatic carbocycles. The summed E-state index contributed by atoms with van der Waals surface area (Å²) in [6.45, 7) is 2.21. The van der Waals surface area contributed by atoms with Gasteiger partial charge in [0.25, 0.3) is 5.91 Å². The molecule has 0 saturated carbocycles. The molecule has 4 atom stereocenters. The molecule has 0 spiro atoms. The SMILES string of the molecule is O=C(O)N[C@@H](C(=O)N1CCC[C@H]1c1ncc(-c2ccc(-c3ccc(-c4cnc([C@@H]5CCCN5C(=O)[C@H]5CCCN5)[nH]4)cc3)cc2)[nH]1)c1ccccc1. The molecule has 3 amide bonds. The zero-order valence-corrected chi connectivity index (χ0v) is 28.8. The average molecular weight is 699 g/mol. The van der Waals surface area contributed by atoms with Gasteiger partial charge in [0.1, 0.15) is 17.7 Å². The molecule has 0 radical (unpaired) electrons. The predicted molar refractivity (Wildman–Crippen MR) is 196 cm³/mol. The number of benzene rings is 3. The van der Waals surface area contributed by atoms with Gasteiger partial charge in [-0.2, -0.15) is 0 Å². The van der Waals surface area contributed by atoms with E-state index in [1.54, 1.807) is 35.4 Å². The highest BCUT2D eigenvalue weighted by molar-refractivity contribution is 5.87. The van der Waals surface area contributed by atoms with Gasteiger partial charge in [-0.05, 0) is 72.9 Å². The normalized spacial score (nSPS) is 20.7. The third-order valence-electron chi connectivity index (χ3n) is 10.6. The molecular weight excluding hydrogens is 656 g/mol. The lowest BCUT2D eigenvalue weighted by Gasteiger charge is -2.28. The lowest BCUT2D eigenvalue weighted by Crippen LogP contribution is -2.43. The monoisotopic (exact) mass is 698 g/mol. The first kappa shape index (κ1) is 33.4. The van der Waals surface area contributed by atoms with Crippen molar-refractivity contribution in [3.63, 3.8) is 0 Å². The molecule has 8 rings (SSSR count). The van der Waals surface area contributed by atoms with Crippen molar-refractivity contribution >= 4 is 17.9 Å². The number of rotatable bonds is 9. The van der Waals surface area contributed by atoms with Crippen LogP contribution in [0.3, 0.4) is 0 Å². The Morgan fingerprint density at radius 3 is 1.77 bits per heavy atom. The molecule has 5 N–H and O–H groups in total. The highest BCUT2D eigenvalue weighted by Crippen LogP contribution is 2.36. The molecule has 12 heteroatoms. The highest BCUT2D eigenvalue weighted by Gasteiger charge is 2.38. The van der Waals surface area contributed by atoms with Crippen LogP contribution < -0.4 is 10.6 Å². The van der Waals surface area contributed by atoms with Gasteiger partial charge in [0.2, 0.25) is 5.91 Å². The van der Waals surface area contributed by atoms with Gasteiger partial charge in [0.05, 0.1) is 41.9 Å². The summed E-state index contributed by atoms with van der Waals surface area (Å²) in [5, 5.41) is 15.2. The zero-order valence-electron chi connectivity index (χ0n) is 28.8. The maximum Gasteiger partial charge on any atom is 0.405 e. The van der Waals surface area contributed by atoms with E-state index in [1.165, 1.54) is 0 Å². The molecule has 3 aromatic carbocycles. The fourth-order valence-corrected chi connectivity index (χ4v) is 7.94. The zero-order chi connectivity index (χ0) is 35.6. The van der Waals surface area contributed by atoms with Crippen LogP contribution in [-0.2, 0) is 9.59 Å². The van der Waals surface area contributed by atoms with E-state index in [1.807, 2.05) is 17.2 Å². The van der Waals surface area contributed by atoms with Crippen LogP contribution in [0.15, 0.2) is 91.3 Å². The van der Waals surface area contributed by atoms with Gasteiger partial charge in [-0.3, -0.25) is 9.59 Å². The Labute approximate surface area is 301 Å². The van der Waals surface area contributed by atoms with Gasteiger partial charge >= 0.3 is 6.09 Å². The summed E-state index contributed by atoms with van der Waals surface area (Å²) in [4.78, 5) is 58.4. The molecule has 2 aromatic heterocycles. The van der Waals surface area contributed by atoms with Crippen molar-refractivity contribution in [1.29, 1.82) is 0 Å². The fraction of sp³-hybridized carbons (Fsp3) is 0.325. The molecule has 5 aromatic rings. The number of hydrogen-bond acceptors (Lipinski definition) is 6. The lowest BCUT2D eigenvalue weighted by molar-refractivity contribution is -0.135. The van der Waals surface area contributed by atoms with Crippen molar-refractivity contribution in [2.24, 2.45) is 0 Å². The van der Waals surface area contributed by atoms with Gasteiger partial charge < -0.3 is 35.5 Å². The van der Waals surface area contributed by atoms with Gasteiger partial charge in [0, 0.05) is 13.1 Å². The van der Waals surface area contributed by atoms with Crippen LogP contribution in [0, 0.1) is 0 Å². The maximum absolute atomic E-state index is 13.7. The first-order valence-corrected chi connectivity index (χ1v) is 18.1. The van der Waals surface area contributed by atoms with Gasteiger partial charge in [-0.1, -0.05) is 78.9 Å². The van der Waals surface area contributed by atoms with Crippen molar-refractivity contribution in [2.75, 3.05) is 19.6 Å². The van der Waals surface area contributed by atoms with E-state index in [-0.39, 0.29) is 29.9 Å². The molecule has 52 heavy (non-hydrogen) atoms. The van der Waals surface area contributed by atoms with Crippen LogP contribution >= 0.6 is 0 Å². The Hall–Kier alpha value is -5.75. The summed E-state index contributed by atoms with van der Waals surface area (Å²) in [6, 6.07) is 24.2. The summed E-state index contributed by atoms with van der Waals surface area (Å²) in [5.74, 6) is 1.43. The van der Waals surface area contributed by atoms with E-state index < -0.39 is 12.1 Å². The smallest absolute Gasteiger partial charge is 0.405 e. The molecular formula is C40H42N8O4. The minimum atomic E-state index is -1.25. The summed E-state index contributed by atoms with van der Waals surface area (Å²) < 4.78 is 0. The standard InChI is InChI=1S/C40H42N8O4/c49-38(30-9-4-20-41-30)47-21-5-10-33(47)36-42-23-31(44-36)27-16-12-25(13-17-27)26-14-18-28(19-15-26)32-24-43-37(45-32)34-11-6-22-48(34)39(50)35(46-40(51)52)29-7-2-1-3-8-29/h1-3,7-8,12-19,23-24,30,33-35,41,46H,4-6,9-11,20-22H2,(H,42,44)(H,43,45)(H,51,52)/t30-,33+,34+,35-/m1/s1. The van der Waals surface area contributed by atoms with Crippen molar-refractivity contribution < 1.29 is 19.5 Å². The van der Waals surface area contributed by atoms with Gasteiger partial charge in [0.15, 0.2) is 0 Å². The number of aromatic nitrogens is 4. The number of aromatic amines is 2.